The highest BCUT2D eigenvalue weighted by molar-refractivity contribution is 7.99. The first-order valence-corrected chi connectivity index (χ1v) is 13.9. The Labute approximate surface area is 232 Å². The first-order valence-electron chi connectivity index (χ1n) is 11.3. The number of carbonyl (C=O) groups excluding carboxylic acids is 1. The second-order valence-electron chi connectivity index (χ2n) is 8.27. The van der Waals surface area contributed by atoms with Gasteiger partial charge in [0.15, 0.2) is 16.1 Å². The van der Waals surface area contributed by atoms with E-state index in [1.807, 2.05) is 78.2 Å². The van der Waals surface area contributed by atoms with Crippen LogP contribution in [0.3, 0.4) is 0 Å². The molecular formula is C27H21Cl2N5OS2. The van der Waals surface area contributed by atoms with Crippen LogP contribution in [0.25, 0.3) is 17.1 Å². The van der Waals surface area contributed by atoms with Gasteiger partial charge < -0.3 is 5.32 Å². The van der Waals surface area contributed by atoms with E-state index in [-0.39, 0.29) is 11.7 Å². The normalized spacial score (nSPS) is 11.0. The number of thiazole rings is 1. The molecule has 0 atom stereocenters. The summed E-state index contributed by atoms with van der Waals surface area (Å²) in [6.07, 6.45) is 2.38. The molecule has 1 amide bonds. The summed E-state index contributed by atoms with van der Waals surface area (Å²) >= 11 is 15.0. The maximum atomic E-state index is 12.8. The smallest absolute Gasteiger partial charge is 0.236 e. The first kappa shape index (κ1) is 25.5. The summed E-state index contributed by atoms with van der Waals surface area (Å²) in [7, 11) is 0. The van der Waals surface area contributed by atoms with E-state index in [4.69, 9.17) is 23.2 Å². The molecule has 10 heteroatoms. The Hall–Kier alpha value is -3.17. The molecule has 0 aliphatic rings. The number of thioether (sulfide) groups is 1. The summed E-state index contributed by atoms with van der Waals surface area (Å²) in [5.74, 6) is 0.715. The zero-order chi connectivity index (χ0) is 25.8. The van der Waals surface area contributed by atoms with E-state index in [2.05, 4.69) is 20.5 Å². The van der Waals surface area contributed by atoms with Crippen molar-refractivity contribution in [1.29, 1.82) is 0 Å². The Morgan fingerprint density at radius 2 is 1.73 bits per heavy atom. The SMILES string of the molecule is Cc1ccc(-n2c(SCC(=O)Nc3ncc(Cc4cc(Cl)cc(Cl)c4)s3)nnc2-c2ccccc2)cc1. The largest absolute Gasteiger partial charge is 0.301 e. The Morgan fingerprint density at radius 1 is 1.00 bits per heavy atom. The molecular weight excluding hydrogens is 545 g/mol. The number of nitrogens with one attached hydrogen (secondary N) is 1. The van der Waals surface area contributed by atoms with Crippen molar-refractivity contribution in [2.24, 2.45) is 0 Å². The van der Waals surface area contributed by atoms with Crippen molar-refractivity contribution in [3.63, 3.8) is 0 Å². The van der Waals surface area contributed by atoms with Crippen LogP contribution in [0.15, 0.2) is 84.1 Å². The molecule has 5 aromatic rings. The molecule has 5 rings (SSSR count). The molecule has 0 aliphatic heterocycles. The topological polar surface area (TPSA) is 72.7 Å². The van der Waals surface area contributed by atoms with Gasteiger partial charge in [-0.3, -0.25) is 9.36 Å². The number of aromatic nitrogens is 4. The van der Waals surface area contributed by atoms with Crippen LogP contribution in [0.2, 0.25) is 10.0 Å². The van der Waals surface area contributed by atoms with Crippen LogP contribution < -0.4 is 5.32 Å². The lowest BCUT2D eigenvalue weighted by atomic mass is 10.1. The van der Waals surface area contributed by atoms with Gasteiger partial charge in [-0.1, -0.05) is 83.0 Å². The fourth-order valence-corrected chi connectivity index (χ4v) is 5.90. The monoisotopic (exact) mass is 565 g/mol. The van der Waals surface area contributed by atoms with Crippen molar-refractivity contribution in [2.75, 3.05) is 11.1 Å². The van der Waals surface area contributed by atoms with E-state index in [9.17, 15) is 4.79 Å². The lowest BCUT2D eigenvalue weighted by Crippen LogP contribution is -2.14. The number of amides is 1. The fourth-order valence-electron chi connectivity index (χ4n) is 3.71. The van der Waals surface area contributed by atoms with E-state index in [0.717, 1.165) is 33.1 Å². The first-order chi connectivity index (χ1) is 17.9. The molecule has 6 nitrogen and oxygen atoms in total. The summed E-state index contributed by atoms with van der Waals surface area (Å²) in [6.45, 7) is 2.04. The van der Waals surface area contributed by atoms with Crippen LogP contribution in [0, 0.1) is 6.92 Å². The number of nitrogens with zero attached hydrogens (tertiary/aromatic N) is 4. The molecule has 0 saturated heterocycles. The molecule has 186 valence electrons. The third-order valence-electron chi connectivity index (χ3n) is 5.39. The molecule has 0 aliphatic carbocycles. The van der Waals surface area contributed by atoms with Gasteiger partial charge >= 0.3 is 0 Å². The lowest BCUT2D eigenvalue weighted by molar-refractivity contribution is -0.113. The van der Waals surface area contributed by atoms with Gasteiger partial charge in [-0.05, 0) is 42.8 Å². The highest BCUT2D eigenvalue weighted by atomic mass is 35.5. The third-order valence-corrected chi connectivity index (χ3v) is 7.67. The minimum atomic E-state index is -0.170. The van der Waals surface area contributed by atoms with Gasteiger partial charge in [0, 0.05) is 38.8 Å². The number of hydrogen-bond acceptors (Lipinski definition) is 6. The standard InChI is InChI=1S/C27H21Cl2N5OS2/c1-17-7-9-22(10-8-17)34-25(19-5-3-2-4-6-19)32-33-27(34)36-16-24(35)31-26-30-15-23(37-26)13-18-11-20(28)14-21(29)12-18/h2-12,14-15H,13,16H2,1H3,(H,30,31,35). The minimum Gasteiger partial charge on any atom is -0.301 e. The molecule has 37 heavy (non-hydrogen) atoms. The van der Waals surface area contributed by atoms with Crippen LogP contribution in [-0.2, 0) is 11.2 Å². The van der Waals surface area contributed by atoms with Gasteiger partial charge in [-0.25, -0.2) is 4.98 Å². The number of benzene rings is 3. The molecule has 0 radical (unpaired) electrons. The number of halogens is 2. The predicted octanol–water partition coefficient (Wildman–Crippen LogP) is 7.33. The Kier molecular flexibility index (Phi) is 7.90. The molecule has 2 heterocycles. The van der Waals surface area contributed by atoms with E-state index in [0.29, 0.717) is 26.8 Å². The number of aryl methyl sites for hydroxylation is 1. The van der Waals surface area contributed by atoms with Gasteiger partial charge in [-0.15, -0.1) is 21.5 Å². The molecule has 0 spiro atoms. The predicted molar refractivity (Wildman–Crippen MR) is 152 cm³/mol. The number of carbonyl (C=O) groups is 1. The summed E-state index contributed by atoms with van der Waals surface area (Å²) in [5, 5.41) is 14.1. The fraction of sp³-hybridized carbons (Fsp3) is 0.111. The van der Waals surface area contributed by atoms with Crippen molar-refractivity contribution in [3.8, 4) is 17.1 Å². The van der Waals surface area contributed by atoms with Crippen molar-refractivity contribution in [3.05, 3.63) is 105 Å². The van der Waals surface area contributed by atoms with E-state index >= 15 is 0 Å². The van der Waals surface area contributed by atoms with Gasteiger partial charge in [0.2, 0.25) is 5.91 Å². The summed E-state index contributed by atoms with van der Waals surface area (Å²) in [5.41, 5.74) is 4.03. The molecule has 0 fully saturated rings. The zero-order valence-electron chi connectivity index (χ0n) is 19.7. The summed E-state index contributed by atoms with van der Waals surface area (Å²) < 4.78 is 1.98. The van der Waals surface area contributed by atoms with Crippen LogP contribution >= 0.6 is 46.3 Å². The van der Waals surface area contributed by atoms with Crippen molar-refractivity contribution in [2.45, 2.75) is 18.5 Å². The Balaban J connectivity index is 1.28. The lowest BCUT2D eigenvalue weighted by Gasteiger charge is -2.10. The zero-order valence-corrected chi connectivity index (χ0v) is 22.8. The second-order valence-corrected chi connectivity index (χ2v) is 11.2. The molecule has 3 aromatic carbocycles. The van der Waals surface area contributed by atoms with Crippen LogP contribution in [-0.4, -0.2) is 31.4 Å². The number of anilines is 1. The Bertz CT molecular complexity index is 1510. The van der Waals surface area contributed by atoms with Crippen molar-refractivity contribution in [1.82, 2.24) is 19.7 Å². The van der Waals surface area contributed by atoms with E-state index < -0.39 is 0 Å². The summed E-state index contributed by atoms with van der Waals surface area (Å²) in [6, 6.07) is 23.5. The van der Waals surface area contributed by atoms with Crippen LogP contribution in [0.1, 0.15) is 16.0 Å². The Morgan fingerprint density at radius 3 is 2.46 bits per heavy atom. The van der Waals surface area contributed by atoms with Crippen molar-refractivity contribution < 1.29 is 4.79 Å². The molecule has 0 saturated carbocycles. The molecule has 0 unspecified atom stereocenters. The molecule has 0 bridgehead atoms. The highest BCUT2D eigenvalue weighted by Crippen LogP contribution is 2.29. The van der Waals surface area contributed by atoms with Gasteiger partial charge in [0.1, 0.15) is 0 Å². The molecule has 1 N–H and O–H groups in total. The number of rotatable bonds is 8. The van der Waals surface area contributed by atoms with E-state index in [1.165, 1.54) is 23.1 Å². The average molecular weight is 567 g/mol. The van der Waals surface area contributed by atoms with Gasteiger partial charge in [-0.2, -0.15) is 0 Å². The van der Waals surface area contributed by atoms with Crippen LogP contribution in [0.4, 0.5) is 5.13 Å². The van der Waals surface area contributed by atoms with Crippen molar-refractivity contribution >= 4 is 57.3 Å². The maximum absolute atomic E-state index is 12.8. The minimum absolute atomic E-state index is 0.164. The number of hydrogen-bond donors (Lipinski definition) is 1. The quantitative estimate of drug-likeness (QED) is 0.199. The second kappa shape index (κ2) is 11.5. The average Bonchev–Trinajstić information content (AvgIpc) is 3.50. The van der Waals surface area contributed by atoms with E-state index in [1.54, 1.807) is 12.3 Å². The summed E-state index contributed by atoms with van der Waals surface area (Å²) in [4.78, 5) is 18.1. The maximum Gasteiger partial charge on any atom is 0.236 e. The van der Waals surface area contributed by atoms with Gasteiger partial charge in [0.05, 0.1) is 5.75 Å². The molecule has 2 aromatic heterocycles. The highest BCUT2D eigenvalue weighted by Gasteiger charge is 2.18. The van der Waals surface area contributed by atoms with Gasteiger partial charge in [0.25, 0.3) is 0 Å². The third kappa shape index (κ3) is 6.40. The van der Waals surface area contributed by atoms with Crippen LogP contribution in [0.5, 0.6) is 0 Å².